The van der Waals surface area contributed by atoms with Crippen LogP contribution < -0.4 is 20.4 Å². The summed E-state index contributed by atoms with van der Waals surface area (Å²) in [5.41, 5.74) is 0. The van der Waals surface area contributed by atoms with Crippen LogP contribution >= 0.6 is 12.2 Å². The summed E-state index contributed by atoms with van der Waals surface area (Å²) in [6.07, 6.45) is 5.05. The molecule has 2 aliphatic rings. The van der Waals surface area contributed by atoms with Crippen LogP contribution in [0.25, 0.3) is 0 Å². The number of anilines is 3. The van der Waals surface area contributed by atoms with E-state index in [0.717, 1.165) is 37.8 Å². The minimum atomic E-state index is 0.276. The number of piperidine rings is 2. The highest BCUT2D eigenvalue weighted by Crippen LogP contribution is 2.29. The summed E-state index contributed by atoms with van der Waals surface area (Å²) in [4.78, 5) is 14.4. The maximum absolute atomic E-state index is 5.42. The average molecular weight is 391 g/mol. The van der Waals surface area contributed by atoms with Gasteiger partial charge in [0.2, 0.25) is 5.95 Å². The van der Waals surface area contributed by atoms with Crippen LogP contribution in [0.3, 0.4) is 0 Å². The predicted molar refractivity (Wildman–Crippen MR) is 118 cm³/mol. The molecule has 0 radical (unpaired) electrons. The van der Waals surface area contributed by atoms with Crippen molar-refractivity contribution >= 4 is 34.9 Å². The van der Waals surface area contributed by atoms with Crippen LogP contribution in [0.2, 0.25) is 0 Å². The van der Waals surface area contributed by atoms with Gasteiger partial charge in [0.25, 0.3) is 0 Å². The first kappa shape index (κ1) is 20.1. The van der Waals surface area contributed by atoms with E-state index in [4.69, 9.17) is 22.2 Å². The van der Waals surface area contributed by atoms with Crippen LogP contribution in [0.1, 0.15) is 53.4 Å². The molecular weight excluding hydrogens is 356 g/mol. The number of hydrogen-bond acceptors (Lipinski definition) is 5. The van der Waals surface area contributed by atoms with E-state index in [2.05, 4.69) is 54.2 Å². The Labute approximate surface area is 169 Å². The molecule has 0 saturated carbocycles. The molecular formula is C20H34N6S. The highest BCUT2D eigenvalue weighted by molar-refractivity contribution is 7.80. The van der Waals surface area contributed by atoms with Gasteiger partial charge in [-0.15, -0.1) is 0 Å². The van der Waals surface area contributed by atoms with Crippen molar-refractivity contribution in [3.05, 3.63) is 6.07 Å². The van der Waals surface area contributed by atoms with Gasteiger partial charge in [-0.3, -0.25) is 0 Å². The summed E-state index contributed by atoms with van der Waals surface area (Å²) in [6.45, 7) is 13.0. The fourth-order valence-electron chi connectivity index (χ4n) is 4.17. The van der Waals surface area contributed by atoms with Gasteiger partial charge in [-0.05, 0) is 63.6 Å². The molecule has 2 atom stereocenters. The highest BCUT2D eigenvalue weighted by Gasteiger charge is 2.25. The molecule has 150 valence electrons. The molecule has 3 heterocycles. The molecule has 0 bridgehead atoms. The maximum Gasteiger partial charge on any atom is 0.232 e. The smallest absolute Gasteiger partial charge is 0.232 e. The van der Waals surface area contributed by atoms with Crippen LogP contribution in [-0.2, 0) is 0 Å². The van der Waals surface area contributed by atoms with Crippen molar-refractivity contribution in [2.24, 2.45) is 11.8 Å². The normalized spacial score (nSPS) is 23.4. The Hall–Kier alpha value is -1.63. The molecule has 2 aliphatic heterocycles. The van der Waals surface area contributed by atoms with E-state index in [-0.39, 0.29) is 6.04 Å². The fourth-order valence-corrected chi connectivity index (χ4v) is 4.50. The number of nitrogens with one attached hydrogen (secondary N) is 2. The molecule has 3 rings (SSSR count). The van der Waals surface area contributed by atoms with E-state index in [9.17, 15) is 0 Å². The monoisotopic (exact) mass is 390 g/mol. The van der Waals surface area contributed by atoms with E-state index < -0.39 is 0 Å². The fraction of sp³-hybridized carbons (Fsp3) is 0.750. The van der Waals surface area contributed by atoms with Crippen LogP contribution in [-0.4, -0.2) is 47.3 Å². The first-order chi connectivity index (χ1) is 12.9. The lowest BCUT2D eigenvalue weighted by atomic mass is 9.92. The van der Waals surface area contributed by atoms with Gasteiger partial charge in [-0.2, -0.15) is 9.97 Å². The molecule has 1 aromatic rings. The minimum absolute atomic E-state index is 0.276. The van der Waals surface area contributed by atoms with Gasteiger partial charge in [0.1, 0.15) is 11.6 Å². The van der Waals surface area contributed by atoms with Gasteiger partial charge in [0, 0.05) is 38.3 Å². The highest BCUT2D eigenvalue weighted by atomic mass is 32.1. The van der Waals surface area contributed by atoms with Crippen LogP contribution in [0.4, 0.5) is 17.6 Å². The van der Waals surface area contributed by atoms with Crippen molar-refractivity contribution in [2.75, 3.05) is 41.3 Å². The van der Waals surface area contributed by atoms with E-state index in [1.165, 1.54) is 25.7 Å². The van der Waals surface area contributed by atoms with Crippen molar-refractivity contribution in [1.29, 1.82) is 0 Å². The summed E-state index contributed by atoms with van der Waals surface area (Å²) >= 11 is 5.42. The topological polar surface area (TPSA) is 56.3 Å². The number of thiocarbonyl (C=S) groups is 1. The third kappa shape index (κ3) is 5.67. The zero-order valence-electron chi connectivity index (χ0n) is 17.2. The molecule has 1 aromatic heterocycles. The molecule has 0 aromatic carbocycles. The summed E-state index contributed by atoms with van der Waals surface area (Å²) < 4.78 is 0. The summed E-state index contributed by atoms with van der Waals surface area (Å²) in [5, 5.41) is 6.99. The summed E-state index contributed by atoms with van der Waals surface area (Å²) in [7, 11) is 0. The Morgan fingerprint density at radius 2 is 1.63 bits per heavy atom. The van der Waals surface area contributed by atoms with Crippen molar-refractivity contribution < 1.29 is 0 Å². The average Bonchev–Trinajstić information content (AvgIpc) is 2.60. The zero-order chi connectivity index (χ0) is 19.4. The Morgan fingerprint density at radius 1 is 1.04 bits per heavy atom. The quantitative estimate of drug-likeness (QED) is 0.761. The van der Waals surface area contributed by atoms with E-state index in [0.29, 0.717) is 22.9 Å². The largest absolute Gasteiger partial charge is 0.360 e. The first-order valence-corrected chi connectivity index (χ1v) is 10.8. The number of nitrogens with zero attached hydrogens (tertiary/aromatic N) is 4. The van der Waals surface area contributed by atoms with Crippen molar-refractivity contribution in [3.63, 3.8) is 0 Å². The number of rotatable bonds is 4. The molecule has 2 saturated heterocycles. The Kier molecular flexibility index (Phi) is 6.73. The standard InChI is InChI=1S/C20H34N6S/c1-14(2)21-20(27)24-19-22-17(25-8-6-5-7-9-25)11-18(23-19)26-12-15(3)10-16(4)13-26/h11,14-16H,5-10,12-13H2,1-4H3,(H2,21,22,23,24,27)/t15-,16-/m1/s1. The second kappa shape index (κ2) is 9.04. The second-order valence-electron chi connectivity index (χ2n) is 8.56. The van der Waals surface area contributed by atoms with Crippen LogP contribution in [0.15, 0.2) is 6.07 Å². The third-order valence-electron chi connectivity index (χ3n) is 5.22. The van der Waals surface area contributed by atoms with Crippen molar-refractivity contribution in [2.45, 2.75) is 59.4 Å². The van der Waals surface area contributed by atoms with Crippen molar-refractivity contribution in [1.82, 2.24) is 15.3 Å². The third-order valence-corrected chi connectivity index (χ3v) is 5.44. The molecule has 6 nitrogen and oxygen atoms in total. The predicted octanol–water partition coefficient (Wildman–Crippen LogP) is 3.64. The molecule has 2 N–H and O–H groups in total. The van der Waals surface area contributed by atoms with Crippen LogP contribution in [0.5, 0.6) is 0 Å². The van der Waals surface area contributed by atoms with E-state index in [1.807, 2.05) is 0 Å². The van der Waals surface area contributed by atoms with Crippen molar-refractivity contribution in [3.8, 4) is 0 Å². The Balaban J connectivity index is 1.86. The Bertz CT molecular complexity index is 633. The number of aromatic nitrogens is 2. The number of hydrogen-bond donors (Lipinski definition) is 2. The van der Waals surface area contributed by atoms with Gasteiger partial charge in [-0.25, -0.2) is 0 Å². The summed E-state index contributed by atoms with van der Waals surface area (Å²) in [6, 6.07) is 2.44. The second-order valence-corrected chi connectivity index (χ2v) is 8.97. The lowest BCUT2D eigenvalue weighted by molar-refractivity contribution is 0.355. The minimum Gasteiger partial charge on any atom is -0.360 e. The molecule has 0 unspecified atom stereocenters. The summed E-state index contributed by atoms with van der Waals surface area (Å²) in [5.74, 6) is 3.99. The zero-order valence-corrected chi connectivity index (χ0v) is 18.0. The van der Waals surface area contributed by atoms with Gasteiger partial charge < -0.3 is 20.4 Å². The van der Waals surface area contributed by atoms with Gasteiger partial charge in [-0.1, -0.05) is 13.8 Å². The van der Waals surface area contributed by atoms with E-state index >= 15 is 0 Å². The molecule has 2 fully saturated rings. The van der Waals surface area contributed by atoms with E-state index in [1.54, 1.807) is 0 Å². The van der Waals surface area contributed by atoms with Gasteiger partial charge in [0.05, 0.1) is 0 Å². The lowest BCUT2D eigenvalue weighted by Gasteiger charge is -2.36. The molecule has 0 aliphatic carbocycles. The molecule has 0 amide bonds. The first-order valence-electron chi connectivity index (χ1n) is 10.4. The van der Waals surface area contributed by atoms with Gasteiger partial charge in [0.15, 0.2) is 5.11 Å². The molecule has 7 heteroatoms. The van der Waals surface area contributed by atoms with Gasteiger partial charge >= 0.3 is 0 Å². The SMILES string of the molecule is CC(C)NC(=S)Nc1nc(N2CCCCC2)cc(N2C[C@H](C)C[C@@H](C)C2)n1. The Morgan fingerprint density at radius 3 is 2.22 bits per heavy atom. The lowest BCUT2D eigenvalue weighted by Crippen LogP contribution is -2.40. The maximum atomic E-state index is 5.42. The molecule has 0 spiro atoms. The van der Waals surface area contributed by atoms with Crippen LogP contribution in [0, 0.1) is 11.8 Å². The molecule has 27 heavy (non-hydrogen) atoms.